The van der Waals surface area contributed by atoms with Crippen molar-refractivity contribution in [3.05, 3.63) is 49.6 Å². The topological polar surface area (TPSA) is 90.4 Å². The zero-order valence-corrected chi connectivity index (χ0v) is 28.9. The molecule has 0 aliphatic carbocycles. The number of allylic oxidation sites excluding steroid dienone is 1. The monoisotopic (exact) mass is 689 g/mol. The smallest absolute Gasteiger partial charge is 0.310 e. The Balaban J connectivity index is 1.77. The molecule has 3 aliphatic heterocycles. The summed E-state index contributed by atoms with van der Waals surface area (Å²) in [6.07, 6.45) is 5.98. The molecule has 3 fully saturated rings. The predicted octanol–water partition coefficient (Wildman–Crippen LogP) is 5.43. The zero-order valence-electron chi connectivity index (χ0n) is 26.5. The molecule has 10 heteroatoms. The number of hydrogen-bond donors (Lipinski definition) is 1. The first-order valence-corrected chi connectivity index (χ1v) is 17.7. The van der Waals surface area contributed by atoms with Gasteiger partial charge in [-0.05, 0) is 69.7 Å². The number of esters is 1. The van der Waals surface area contributed by atoms with Gasteiger partial charge in [-0.3, -0.25) is 14.4 Å². The molecule has 3 saturated heterocycles. The number of anilines is 2. The molecule has 2 amide bonds. The van der Waals surface area contributed by atoms with E-state index < -0.39 is 28.7 Å². The van der Waals surface area contributed by atoms with E-state index in [1.807, 2.05) is 38.1 Å². The van der Waals surface area contributed by atoms with Crippen molar-refractivity contribution in [2.45, 2.75) is 80.3 Å². The lowest BCUT2D eigenvalue weighted by Crippen LogP contribution is -2.58. The van der Waals surface area contributed by atoms with Crippen molar-refractivity contribution in [1.82, 2.24) is 4.90 Å². The molecule has 0 aromatic heterocycles. The molecule has 1 N–H and O–H groups in total. The lowest BCUT2D eigenvalue weighted by molar-refractivity contribution is -0.154. The van der Waals surface area contributed by atoms with Crippen LogP contribution in [-0.4, -0.2) is 87.5 Å². The molecule has 2 bridgehead atoms. The van der Waals surface area contributed by atoms with Crippen molar-refractivity contribution in [2.24, 2.45) is 17.8 Å². The van der Waals surface area contributed by atoms with Gasteiger partial charge in [-0.2, -0.15) is 0 Å². The number of ether oxygens (including phenoxy) is 1. The van der Waals surface area contributed by atoms with Gasteiger partial charge in [-0.15, -0.1) is 24.9 Å². The highest BCUT2D eigenvalue weighted by molar-refractivity contribution is 9.09. The minimum atomic E-state index is -0.855. The number of carbonyl (C=O) groups is 3. The van der Waals surface area contributed by atoms with E-state index in [9.17, 15) is 19.5 Å². The molecule has 1 aromatic carbocycles. The van der Waals surface area contributed by atoms with Gasteiger partial charge in [0.2, 0.25) is 5.91 Å². The first-order valence-electron chi connectivity index (χ1n) is 15.9. The highest BCUT2D eigenvalue weighted by Gasteiger charge is 2.76. The second-order valence-corrected chi connectivity index (χ2v) is 15.1. The van der Waals surface area contributed by atoms with Crippen molar-refractivity contribution in [3.63, 3.8) is 0 Å². The minimum absolute atomic E-state index is 0.0589. The molecule has 7 atom stereocenters. The molecule has 0 saturated carbocycles. The van der Waals surface area contributed by atoms with Gasteiger partial charge in [0.1, 0.15) is 6.04 Å². The van der Waals surface area contributed by atoms with Crippen molar-refractivity contribution in [1.29, 1.82) is 0 Å². The lowest BCUT2D eigenvalue weighted by atomic mass is 9.71. The van der Waals surface area contributed by atoms with Gasteiger partial charge in [-0.1, -0.05) is 41.9 Å². The lowest BCUT2D eigenvalue weighted by Gasteiger charge is -2.40. The van der Waals surface area contributed by atoms with Crippen LogP contribution in [0.25, 0.3) is 0 Å². The molecule has 0 radical (unpaired) electrons. The average Bonchev–Trinajstić information content (AvgIpc) is 3.60. The molecule has 44 heavy (non-hydrogen) atoms. The molecule has 1 aromatic rings. The van der Waals surface area contributed by atoms with Crippen LogP contribution in [-0.2, 0) is 19.1 Å². The first kappa shape index (κ1) is 34.6. The van der Waals surface area contributed by atoms with Gasteiger partial charge in [0.15, 0.2) is 0 Å². The molecule has 3 heterocycles. The summed E-state index contributed by atoms with van der Waals surface area (Å²) in [7, 11) is 0. The Morgan fingerprint density at radius 3 is 2.41 bits per heavy atom. The quantitative estimate of drug-likeness (QED) is 0.107. The Labute approximate surface area is 275 Å². The normalized spacial score (nSPS) is 27.8. The van der Waals surface area contributed by atoms with Gasteiger partial charge < -0.3 is 24.5 Å². The van der Waals surface area contributed by atoms with Gasteiger partial charge in [0, 0.05) is 41.1 Å². The summed E-state index contributed by atoms with van der Waals surface area (Å²) in [5.41, 5.74) is 1.79. The predicted molar refractivity (Wildman–Crippen MR) is 182 cm³/mol. The van der Waals surface area contributed by atoms with Crippen LogP contribution < -0.4 is 9.80 Å². The molecular formula is C34H48BrN3O5S. The molecule has 242 valence electrons. The third-order valence-corrected chi connectivity index (χ3v) is 12.5. The number of likely N-dealkylation sites (tertiary alicyclic amines) is 1. The van der Waals surface area contributed by atoms with Crippen molar-refractivity contribution < 1.29 is 24.2 Å². The number of aliphatic hydroxyl groups excluding tert-OH is 1. The highest BCUT2D eigenvalue weighted by atomic mass is 79.9. The second-order valence-electron chi connectivity index (χ2n) is 12.4. The van der Waals surface area contributed by atoms with E-state index in [0.717, 1.165) is 25.2 Å². The van der Waals surface area contributed by atoms with Crippen molar-refractivity contribution in [2.75, 3.05) is 42.6 Å². The van der Waals surface area contributed by atoms with Crippen molar-refractivity contribution >= 4 is 56.9 Å². The summed E-state index contributed by atoms with van der Waals surface area (Å²) in [4.78, 5) is 48.6. The summed E-state index contributed by atoms with van der Waals surface area (Å²) < 4.78 is 4.88. The number of thioether (sulfide) groups is 1. The third kappa shape index (κ3) is 6.36. The van der Waals surface area contributed by atoms with E-state index in [4.69, 9.17) is 4.74 Å². The maximum Gasteiger partial charge on any atom is 0.310 e. The van der Waals surface area contributed by atoms with Gasteiger partial charge >= 0.3 is 5.97 Å². The Kier molecular flexibility index (Phi) is 11.7. The Hall–Kier alpha value is -2.30. The van der Waals surface area contributed by atoms with Crippen LogP contribution in [0.5, 0.6) is 0 Å². The van der Waals surface area contributed by atoms with E-state index in [-0.39, 0.29) is 53.5 Å². The summed E-state index contributed by atoms with van der Waals surface area (Å²) in [5.74, 6) is -2.03. The number of amides is 2. The van der Waals surface area contributed by atoms with Crippen LogP contribution in [0.3, 0.4) is 0 Å². The number of hydrogen-bond acceptors (Lipinski definition) is 7. The maximum absolute atomic E-state index is 14.9. The van der Waals surface area contributed by atoms with Crippen molar-refractivity contribution in [3.8, 4) is 0 Å². The number of rotatable bonds is 16. The first-order chi connectivity index (χ1) is 21.1. The number of unbranched alkanes of at least 4 members (excludes halogenated alkanes) is 1. The SMILES string of the molecule is C=CCCCOC(=O)[C@H]1[C@H]2C(=O)N([C@@H](CO)CC(C)C)C(C(=O)N(CC=C)c3ccc(N(CC)CC)cc3)C23CC(Br)[C@@H]1S3. The van der Waals surface area contributed by atoms with E-state index in [1.54, 1.807) is 33.7 Å². The van der Waals surface area contributed by atoms with Gasteiger partial charge in [0.25, 0.3) is 5.91 Å². The van der Waals surface area contributed by atoms with Crippen LogP contribution in [0.15, 0.2) is 49.6 Å². The summed E-state index contributed by atoms with van der Waals surface area (Å²) >= 11 is 5.40. The zero-order chi connectivity index (χ0) is 32.2. The highest BCUT2D eigenvalue weighted by Crippen LogP contribution is 2.68. The average molecular weight is 691 g/mol. The van der Waals surface area contributed by atoms with E-state index in [0.29, 0.717) is 24.9 Å². The summed E-state index contributed by atoms with van der Waals surface area (Å²) in [5, 5.41) is 10.4. The minimum Gasteiger partial charge on any atom is -0.465 e. The summed E-state index contributed by atoms with van der Waals surface area (Å²) in [6.45, 7) is 18.0. The molecule has 3 aliphatic rings. The Morgan fingerprint density at radius 2 is 1.84 bits per heavy atom. The molecule has 3 unspecified atom stereocenters. The number of halogens is 1. The van der Waals surface area contributed by atoms with Crippen LogP contribution in [0.4, 0.5) is 11.4 Å². The number of aliphatic hydroxyl groups is 1. The van der Waals surface area contributed by atoms with Crippen LogP contribution in [0.1, 0.15) is 53.4 Å². The van der Waals surface area contributed by atoms with E-state index >= 15 is 0 Å². The largest absolute Gasteiger partial charge is 0.465 e. The van der Waals surface area contributed by atoms with Gasteiger partial charge in [-0.25, -0.2) is 0 Å². The van der Waals surface area contributed by atoms with Crippen LogP contribution >= 0.6 is 27.7 Å². The number of benzene rings is 1. The van der Waals surface area contributed by atoms with Crippen LogP contribution in [0, 0.1) is 17.8 Å². The Bertz CT molecular complexity index is 1210. The fourth-order valence-electron chi connectivity index (χ4n) is 7.36. The van der Waals surface area contributed by atoms with E-state index in [1.165, 1.54) is 0 Å². The fourth-order valence-corrected chi connectivity index (χ4v) is 10.9. The molecule has 8 nitrogen and oxygen atoms in total. The van der Waals surface area contributed by atoms with Gasteiger partial charge in [0.05, 0.1) is 35.8 Å². The molecule has 4 rings (SSSR count). The number of nitrogens with zero attached hydrogens (tertiary/aromatic N) is 3. The summed E-state index contributed by atoms with van der Waals surface area (Å²) in [6, 6.07) is 6.51. The molecule has 1 spiro atoms. The standard InChI is InChI=1S/C34H48BrN3O5S/c1-7-11-12-18-43-33(42)27-28-31(40)38(25(21-39)19-22(5)6)30(34(28)20-26(35)29(27)44-34)32(41)37(17-8-2)24-15-13-23(14-16-24)36(9-3)10-4/h7-8,13-16,22,25-30,39H,1-2,9-12,17-21H2,3-6H3/t25-,26?,27+,28+,29+,30?,34?/m1/s1. The van der Waals surface area contributed by atoms with Crippen LogP contribution in [0.2, 0.25) is 0 Å². The number of fused-ring (bicyclic) bond motifs is 1. The third-order valence-electron chi connectivity index (χ3n) is 9.25. The van der Waals surface area contributed by atoms with E-state index in [2.05, 4.69) is 47.8 Å². The maximum atomic E-state index is 14.9. The number of carbonyl (C=O) groups excluding carboxylic acids is 3. The number of alkyl halides is 1. The second kappa shape index (κ2) is 14.9. The Morgan fingerprint density at radius 1 is 1.18 bits per heavy atom. The molecular weight excluding hydrogens is 642 g/mol. The fraction of sp³-hybridized carbons (Fsp3) is 0.618.